The van der Waals surface area contributed by atoms with Gasteiger partial charge in [-0.25, -0.2) is 4.98 Å². The van der Waals surface area contributed by atoms with Crippen molar-refractivity contribution in [3.8, 4) is 0 Å². The molecule has 0 saturated heterocycles. The summed E-state index contributed by atoms with van der Waals surface area (Å²) in [5.74, 6) is 5.98. The van der Waals surface area contributed by atoms with Crippen molar-refractivity contribution in [3.63, 3.8) is 0 Å². The molecule has 1 aromatic heterocycles. The Hall–Kier alpha value is -1.35. The Morgan fingerprint density at radius 3 is 2.64 bits per heavy atom. The van der Waals surface area contributed by atoms with E-state index in [-0.39, 0.29) is 6.10 Å². The van der Waals surface area contributed by atoms with Crippen LogP contribution in [0.15, 0.2) is 28.7 Å². The molecule has 180 valence electrons. The van der Waals surface area contributed by atoms with Crippen LogP contribution in [0, 0.1) is 46.3 Å². The fraction of sp³-hybridized carbons (Fsp3) is 0.767. The molecule has 9 atom stereocenters. The van der Waals surface area contributed by atoms with E-state index in [1.165, 1.54) is 51.4 Å². The molecule has 4 aliphatic rings. The lowest BCUT2D eigenvalue weighted by atomic mass is 9.44. The molecule has 1 N–H and O–H groups in total. The summed E-state index contributed by atoms with van der Waals surface area (Å²) in [4.78, 5) is 4.73. The Kier molecular flexibility index (Phi) is 5.44. The highest BCUT2D eigenvalue weighted by Crippen LogP contribution is 2.68. The molecule has 33 heavy (non-hydrogen) atoms. The van der Waals surface area contributed by atoms with Crippen molar-refractivity contribution in [1.82, 2.24) is 4.98 Å². The van der Waals surface area contributed by atoms with Gasteiger partial charge in [0.2, 0.25) is 0 Å². The van der Waals surface area contributed by atoms with Crippen LogP contribution >= 0.6 is 0 Å². The number of para-hydroxylation sites is 2. The van der Waals surface area contributed by atoms with Gasteiger partial charge in [-0.3, -0.25) is 0 Å². The van der Waals surface area contributed by atoms with Gasteiger partial charge in [0, 0.05) is 6.42 Å². The largest absolute Gasteiger partial charge is 0.441 e. The van der Waals surface area contributed by atoms with E-state index in [1.54, 1.807) is 0 Å². The van der Waals surface area contributed by atoms with Crippen molar-refractivity contribution >= 4 is 11.1 Å². The molecular formula is C30H43NO2. The number of hydrogen-bond acceptors (Lipinski definition) is 3. The molecule has 0 amide bonds. The molecule has 1 aromatic carbocycles. The first-order valence-electron chi connectivity index (χ1n) is 13.9. The average molecular weight is 450 g/mol. The molecule has 4 fully saturated rings. The maximum atomic E-state index is 10.3. The van der Waals surface area contributed by atoms with Crippen LogP contribution in [0.3, 0.4) is 0 Å². The number of aliphatic hydroxyl groups is 1. The molecule has 1 heterocycles. The number of hydrogen-bond donors (Lipinski definition) is 1. The number of oxazole rings is 1. The van der Waals surface area contributed by atoms with E-state index >= 15 is 0 Å². The molecule has 3 heteroatoms. The minimum atomic E-state index is -0.0357. The highest BCUT2D eigenvalue weighted by Gasteiger charge is 2.60. The van der Waals surface area contributed by atoms with Crippen molar-refractivity contribution in [1.29, 1.82) is 0 Å². The lowest BCUT2D eigenvalue weighted by Gasteiger charge is -2.61. The van der Waals surface area contributed by atoms with Gasteiger partial charge in [0.15, 0.2) is 11.5 Å². The second-order valence-electron chi connectivity index (χ2n) is 12.9. The second-order valence-corrected chi connectivity index (χ2v) is 12.9. The van der Waals surface area contributed by atoms with Crippen molar-refractivity contribution in [3.05, 3.63) is 30.2 Å². The Morgan fingerprint density at radius 1 is 1.00 bits per heavy atom. The molecule has 0 radical (unpaired) electrons. The van der Waals surface area contributed by atoms with E-state index in [0.717, 1.165) is 71.8 Å². The van der Waals surface area contributed by atoms with Gasteiger partial charge in [-0.15, -0.1) is 0 Å². The molecule has 0 aliphatic heterocycles. The summed E-state index contributed by atoms with van der Waals surface area (Å²) < 4.78 is 6.02. The third-order valence-electron chi connectivity index (χ3n) is 11.6. The van der Waals surface area contributed by atoms with Gasteiger partial charge >= 0.3 is 0 Å². The SMILES string of the molecule is C[C@H](CCc1nc2ccccc2o1)[C@H]1CC[C@H]2[C@@H]3CCC4C[C@H](O)CC[C@]4(C)[C@H]3CC[C@]12C. The Balaban J connectivity index is 1.15. The van der Waals surface area contributed by atoms with Crippen LogP contribution in [0.2, 0.25) is 0 Å². The number of fused-ring (bicyclic) bond motifs is 6. The first-order chi connectivity index (χ1) is 15.9. The first-order valence-corrected chi connectivity index (χ1v) is 13.9. The fourth-order valence-electron chi connectivity index (χ4n) is 9.79. The number of aliphatic hydroxyl groups excluding tert-OH is 1. The molecule has 2 aromatic rings. The van der Waals surface area contributed by atoms with E-state index in [0.29, 0.717) is 10.8 Å². The number of rotatable bonds is 4. The van der Waals surface area contributed by atoms with Crippen molar-refractivity contribution in [2.45, 2.75) is 97.5 Å². The maximum Gasteiger partial charge on any atom is 0.195 e. The minimum absolute atomic E-state index is 0.0357. The third-order valence-corrected chi connectivity index (χ3v) is 11.6. The Bertz CT molecular complexity index is 965. The van der Waals surface area contributed by atoms with Crippen molar-refractivity contribution in [2.75, 3.05) is 0 Å². The van der Waals surface area contributed by atoms with Crippen LogP contribution in [0.25, 0.3) is 11.1 Å². The van der Waals surface area contributed by atoms with E-state index < -0.39 is 0 Å². The minimum Gasteiger partial charge on any atom is -0.441 e. The van der Waals surface area contributed by atoms with Gasteiger partial charge in [-0.05, 0) is 123 Å². The predicted molar refractivity (Wildman–Crippen MR) is 133 cm³/mol. The van der Waals surface area contributed by atoms with E-state index in [1.807, 2.05) is 18.2 Å². The standard InChI is InChI=1S/C30H43NO2/c1-19(8-13-28-31-26-6-4-5-7-27(26)33-28)23-11-12-24-22-10-9-20-18-21(32)14-16-29(20,2)25(22)15-17-30(23,24)3/h4-7,19-25,32H,8-18H2,1-3H3/t19-,20?,21-,22+,23-,24+,25+,29+,30-/m1/s1. The van der Waals surface area contributed by atoms with Gasteiger partial charge in [-0.2, -0.15) is 0 Å². The normalized spacial score (nSPS) is 43.6. The summed E-state index contributed by atoms with van der Waals surface area (Å²) in [5, 5.41) is 10.3. The van der Waals surface area contributed by atoms with E-state index in [2.05, 4.69) is 26.8 Å². The van der Waals surface area contributed by atoms with E-state index in [4.69, 9.17) is 9.40 Å². The monoisotopic (exact) mass is 449 g/mol. The summed E-state index contributed by atoms with van der Waals surface area (Å²) in [7, 11) is 0. The predicted octanol–water partition coefficient (Wildman–Crippen LogP) is 7.42. The number of nitrogens with zero attached hydrogens (tertiary/aromatic N) is 1. The van der Waals surface area contributed by atoms with E-state index in [9.17, 15) is 5.11 Å². The van der Waals surface area contributed by atoms with Crippen LogP contribution in [0.5, 0.6) is 0 Å². The summed E-state index contributed by atoms with van der Waals surface area (Å²) in [6.07, 6.45) is 14.0. The summed E-state index contributed by atoms with van der Waals surface area (Å²) in [6.45, 7) is 7.78. The Morgan fingerprint density at radius 2 is 1.79 bits per heavy atom. The van der Waals surface area contributed by atoms with Gasteiger partial charge in [0.25, 0.3) is 0 Å². The average Bonchev–Trinajstić information content (AvgIpc) is 3.38. The molecule has 3 nitrogen and oxygen atoms in total. The second kappa shape index (κ2) is 8.11. The third kappa shape index (κ3) is 3.51. The smallest absolute Gasteiger partial charge is 0.195 e. The topological polar surface area (TPSA) is 46.3 Å². The lowest BCUT2D eigenvalue weighted by molar-refractivity contribution is -0.129. The molecule has 0 bridgehead atoms. The summed E-state index contributed by atoms with van der Waals surface area (Å²) in [5.41, 5.74) is 2.91. The van der Waals surface area contributed by atoms with Crippen LogP contribution in [0.1, 0.15) is 90.9 Å². The molecule has 4 saturated carbocycles. The number of aromatic nitrogens is 1. The zero-order valence-electron chi connectivity index (χ0n) is 20.9. The van der Waals surface area contributed by atoms with Gasteiger partial charge < -0.3 is 9.52 Å². The fourth-order valence-corrected chi connectivity index (χ4v) is 9.79. The number of aryl methyl sites for hydroxylation is 1. The molecule has 4 aliphatic carbocycles. The summed E-state index contributed by atoms with van der Waals surface area (Å²) >= 11 is 0. The zero-order chi connectivity index (χ0) is 22.8. The van der Waals surface area contributed by atoms with Crippen LogP contribution < -0.4 is 0 Å². The highest BCUT2D eigenvalue weighted by atomic mass is 16.3. The Labute approximate surface area is 199 Å². The van der Waals surface area contributed by atoms with Gasteiger partial charge in [0.1, 0.15) is 5.52 Å². The number of benzene rings is 1. The molecular weight excluding hydrogens is 406 g/mol. The zero-order valence-corrected chi connectivity index (χ0v) is 20.9. The molecule has 1 unspecified atom stereocenters. The van der Waals surface area contributed by atoms with Gasteiger partial charge in [0.05, 0.1) is 6.10 Å². The summed E-state index contributed by atoms with van der Waals surface area (Å²) in [6, 6.07) is 8.14. The highest BCUT2D eigenvalue weighted by molar-refractivity contribution is 5.72. The molecule has 6 rings (SSSR count). The quantitative estimate of drug-likeness (QED) is 0.528. The maximum absolute atomic E-state index is 10.3. The molecule has 0 spiro atoms. The lowest BCUT2D eigenvalue weighted by Crippen LogP contribution is -2.54. The van der Waals surface area contributed by atoms with Crippen molar-refractivity contribution < 1.29 is 9.52 Å². The van der Waals surface area contributed by atoms with Crippen molar-refractivity contribution in [2.24, 2.45) is 46.3 Å². The van der Waals surface area contributed by atoms with Crippen LogP contribution in [-0.4, -0.2) is 16.2 Å². The van der Waals surface area contributed by atoms with Crippen LogP contribution in [0.4, 0.5) is 0 Å². The van der Waals surface area contributed by atoms with Crippen LogP contribution in [-0.2, 0) is 6.42 Å². The first kappa shape index (κ1) is 22.1. The van der Waals surface area contributed by atoms with Gasteiger partial charge in [-0.1, -0.05) is 32.9 Å².